The Labute approximate surface area is 197 Å². The lowest BCUT2D eigenvalue weighted by molar-refractivity contribution is -0.142. The standard InChI is InChI=1S/C23H32N6O5/c1-13(2)19(22(32)28-18(23(33)34)10-16-11-25-12-26-16)29-21(31)17(27-20(30)14(3)24)9-15-7-5-4-6-8-15/h4-8,11-14,17-19H,9-10,24H2,1-3H3,(H,25,26)(H,27,30)(H,28,32)(H,29,31)(H,33,34). The number of hydrogen-bond acceptors (Lipinski definition) is 6. The van der Waals surface area contributed by atoms with E-state index in [1.165, 1.54) is 19.4 Å². The minimum absolute atomic E-state index is 0.000906. The number of hydrogen-bond donors (Lipinski definition) is 6. The van der Waals surface area contributed by atoms with E-state index >= 15 is 0 Å². The number of amides is 3. The molecule has 1 aromatic carbocycles. The number of nitrogens with one attached hydrogen (secondary N) is 4. The molecule has 0 spiro atoms. The third kappa shape index (κ3) is 8.00. The average molecular weight is 473 g/mol. The molecule has 34 heavy (non-hydrogen) atoms. The average Bonchev–Trinajstić information content (AvgIpc) is 3.29. The Morgan fingerprint density at radius 3 is 2.12 bits per heavy atom. The summed E-state index contributed by atoms with van der Waals surface area (Å²) in [5.74, 6) is -3.30. The van der Waals surface area contributed by atoms with Crippen LogP contribution in [0.2, 0.25) is 0 Å². The molecular formula is C23H32N6O5. The van der Waals surface area contributed by atoms with E-state index in [1.807, 2.05) is 30.3 Å². The number of imidazole rings is 1. The van der Waals surface area contributed by atoms with Crippen molar-refractivity contribution >= 4 is 23.7 Å². The summed E-state index contributed by atoms with van der Waals surface area (Å²) in [4.78, 5) is 56.6. The molecule has 0 aliphatic carbocycles. The van der Waals surface area contributed by atoms with Gasteiger partial charge in [-0.1, -0.05) is 44.2 Å². The molecule has 0 saturated heterocycles. The fraction of sp³-hybridized carbons (Fsp3) is 0.435. The summed E-state index contributed by atoms with van der Waals surface area (Å²) in [7, 11) is 0. The van der Waals surface area contributed by atoms with E-state index in [-0.39, 0.29) is 18.8 Å². The zero-order valence-electron chi connectivity index (χ0n) is 19.4. The van der Waals surface area contributed by atoms with Crippen molar-refractivity contribution < 1.29 is 24.3 Å². The van der Waals surface area contributed by atoms with Crippen LogP contribution in [0.3, 0.4) is 0 Å². The molecule has 1 heterocycles. The van der Waals surface area contributed by atoms with E-state index < -0.39 is 47.9 Å². The molecule has 4 unspecified atom stereocenters. The number of aromatic nitrogens is 2. The van der Waals surface area contributed by atoms with Crippen molar-refractivity contribution in [2.75, 3.05) is 0 Å². The number of carbonyl (C=O) groups excluding carboxylic acids is 3. The van der Waals surface area contributed by atoms with E-state index in [0.717, 1.165) is 5.56 Å². The van der Waals surface area contributed by atoms with Gasteiger partial charge in [-0.2, -0.15) is 0 Å². The van der Waals surface area contributed by atoms with Gasteiger partial charge in [0.25, 0.3) is 0 Å². The molecule has 0 bridgehead atoms. The molecular weight excluding hydrogens is 440 g/mol. The van der Waals surface area contributed by atoms with Gasteiger partial charge in [0.05, 0.1) is 12.4 Å². The van der Waals surface area contributed by atoms with Gasteiger partial charge in [0.2, 0.25) is 17.7 Å². The molecule has 11 heteroatoms. The third-order valence-electron chi connectivity index (χ3n) is 5.17. The number of aliphatic carboxylic acids is 1. The lowest BCUT2D eigenvalue weighted by Gasteiger charge is -2.27. The second-order valence-electron chi connectivity index (χ2n) is 8.45. The summed E-state index contributed by atoms with van der Waals surface area (Å²) >= 11 is 0. The van der Waals surface area contributed by atoms with Crippen molar-refractivity contribution in [1.82, 2.24) is 25.9 Å². The number of carboxylic acid groups (broad SMARTS) is 1. The summed E-state index contributed by atoms with van der Waals surface area (Å²) in [6.45, 7) is 4.95. The first-order valence-corrected chi connectivity index (χ1v) is 11.0. The Bertz CT molecular complexity index is 961. The maximum atomic E-state index is 13.1. The van der Waals surface area contributed by atoms with Crippen LogP contribution in [0, 0.1) is 5.92 Å². The van der Waals surface area contributed by atoms with Gasteiger partial charge < -0.3 is 31.8 Å². The summed E-state index contributed by atoms with van der Waals surface area (Å²) in [5, 5.41) is 17.3. The number of carboxylic acids is 1. The Morgan fingerprint density at radius 1 is 0.941 bits per heavy atom. The fourth-order valence-corrected chi connectivity index (χ4v) is 3.23. The second-order valence-corrected chi connectivity index (χ2v) is 8.45. The normalized spacial score (nSPS) is 14.5. The van der Waals surface area contributed by atoms with E-state index in [4.69, 9.17) is 5.73 Å². The molecule has 1 aromatic heterocycles. The van der Waals surface area contributed by atoms with Gasteiger partial charge in [0, 0.05) is 24.7 Å². The number of nitrogens with zero attached hydrogens (tertiary/aromatic N) is 1. The Kier molecular flexibility index (Phi) is 9.75. The van der Waals surface area contributed by atoms with E-state index in [1.54, 1.807) is 13.8 Å². The predicted molar refractivity (Wildman–Crippen MR) is 124 cm³/mol. The number of benzene rings is 1. The third-order valence-corrected chi connectivity index (χ3v) is 5.17. The molecule has 0 aliphatic rings. The van der Waals surface area contributed by atoms with E-state index in [0.29, 0.717) is 5.69 Å². The lowest BCUT2D eigenvalue weighted by atomic mass is 10.00. The lowest BCUT2D eigenvalue weighted by Crippen LogP contribution is -2.58. The molecule has 0 aliphatic heterocycles. The van der Waals surface area contributed by atoms with Gasteiger partial charge in [0.15, 0.2) is 0 Å². The first-order valence-electron chi connectivity index (χ1n) is 11.0. The monoisotopic (exact) mass is 472 g/mol. The van der Waals surface area contributed by atoms with Crippen LogP contribution in [0.5, 0.6) is 0 Å². The maximum absolute atomic E-state index is 13.1. The van der Waals surface area contributed by atoms with Gasteiger partial charge in [0.1, 0.15) is 18.1 Å². The van der Waals surface area contributed by atoms with Gasteiger partial charge in [-0.25, -0.2) is 9.78 Å². The summed E-state index contributed by atoms with van der Waals surface area (Å²) < 4.78 is 0. The Hall–Kier alpha value is -3.73. The van der Waals surface area contributed by atoms with Crippen LogP contribution in [-0.2, 0) is 32.0 Å². The van der Waals surface area contributed by atoms with Gasteiger partial charge in [-0.05, 0) is 18.4 Å². The molecule has 11 nitrogen and oxygen atoms in total. The highest BCUT2D eigenvalue weighted by Gasteiger charge is 2.32. The zero-order chi connectivity index (χ0) is 25.3. The molecule has 0 saturated carbocycles. The number of H-pyrrole nitrogens is 1. The van der Waals surface area contributed by atoms with Crippen LogP contribution in [0.15, 0.2) is 42.9 Å². The maximum Gasteiger partial charge on any atom is 0.326 e. The predicted octanol–water partition coefficient (Wildman–Crippen LogP) is -0.263. The van der Waals surface area contributed by atoms with Crippen molar-refractivity contribution in [1.29, 1.82) is 0 Å². The van der Waals surface area contributed by atoms with Crippen molar-refractivity contribution in [3.63, 3.8) is 0 Å². The smallest absolute Gasteiger partial charge is 0.326 e. The molecule has 2 rings (SSSR count). The first kappa shape index (κ1) is 26.5. The zero-order valence-corrected chi connectivity index (χ0v) is 19.4. The largest absolute Gasteiger partial charge is 0.480 e. The number of aromatic amines is 1. The number of carbonyl (C=O) groups is 4. The molecule has 3 amide bonds. The second kappa shape index (κ2) is 12.5. The SMILES string of the molecule is CC(N)C(=O)NC(Cc1ccccc1)C(=O)NC(C(=O)NC(Cc1cnc[nH]1)C(=O)O)C(C)C. The van der Waals surface area contributed by atoms with Crippen LogP contribution in [-0.4, -0.2) is 62.9 Å². The molecule has 184 valence electrons. The van der Waals surface area contributed by atoms with Crippen molar-refractivity contribution in [2.45, 2.75) is 57.8 Å². The van der Waals surface area contributed by atoms with E-state index in [9.17, 15) is 24.3 Å². The summed E-state index contributed by atoms with van der Waals surface area (Å²) in [6, 6.07) is 5.05. The van der Waals surface area contributed by atoms with Crippen LogP contribution < -0.4 is 21.7 Å². The number of nitrogens with two attached hydrogens (primary N) is 1. The van der Waals surface area contributed by atoms with Crippen molar-refractivity contribution in [2.24, 2.45) is 11.7 Å². The Balaban J connectivity index is 2.15. The van der Waals surface area contributed by atoms with Crippen LogP contribution in [0.4, 0.5) is 0 Å². The summed E-state index contributed by atoms with van der Waals surface area (Å²) in [6.07, 6.45) is 3.08. The minimum Gasteiger partial charge on any atom is -0.480 e. The molecule has 4 atom stereocenters. The summed E-state index contributed by atoms with van der Waals surface area (Å²) in [5.41, 5.74) is 6.99. The minimum atomic E-state index is -1.22. The van der Waals surface area contributed by atoms with Crippen LogP contribution >= 0.6 is 0 Å². The molecule has 2 aromatic rings. The number of rotatable bonds is 12. The van der Waals surface area contributed by atoms with E-state index in [2.05, 4.69) is 25.9 Å². The molecule has 7 N–H and O–H groups in total. The van der Waals surface area contributed by atoms with Crippen LogP contribution in [0.25, 0.3) is 0 Å². The van der Waals surface area contributed by atoms with Gasteiger partial charge in [-0.15, -0.1) is 0 Å². The first-order chi connectivity index (χ1) is 16.1. The van der Waals surface area contributed by atoms with Crippen molar-refractivity contribution in [3.05, 3.63) is 54.1 Å². The molecule has 0 fully saturated rings. The molecule has 0 radical (unpaired) electrons. The topological polar surface area (TPSA) is 179 Å². The fourth-order valence-electron chi connectivity index (χ4n) is 3.23. The van der Waals surface area contributed by atoms with Crippen molar-refractivity contribution in [3.8, 4) is 0 Å². The van der Waals surface area contributed by atoms with Crippen LogP contribution in [0.1, 0.15) is 32.0 Å². The highest BCUT2D eigenvalue weighted by atomic mass is 16.4. The van der Waals surface area contributed by atoms with Gasteiger partial charge in [-0.3, -0.25) is 14.4 Å². The highest BCUT2D eigenvalue weighted by molar-refractivity contribution is 5.94. The Morgan fingerprint density at radius 2 is 1.59 bits per heavy atom. The quantitative estimate of drug-likeness (QED) is 0.246. The van der Waals surface area contributed by atoms with Gasteiger partial charge >= 0.3 is 5.97 Å². The highest BCUT2D eigenvalue weighted by Crippen LogP contribution is 2.08.